The highest BCUT2D eigenvalue weighted by atomic mass is 32.1. The van der Waals surface area contributed by atoms with Crippen LogP contribution in [-0.4, -0.2) is 23.1 Å². The van der Waals surface area contributed by atoms with Crippen LogP contribution in [0.3, 0.4) is 0 Å². The number of aromatic nitrogens is 3. The standard InChI is InChI=1S/C19H13F3N4O4S/c1-26-14(18(28)30-25-26)15(27)16-13(23)12-10(19(20,21)22)7-11(24-17(12)31-16)8-3-5-9(29-2)6-4-8/h3-7H,1-2H3,(H2-,23,25,27,28). The summed E-state index contributed by atoms with van der Waals surface area (Å²) in [5.74, 6) is -1.38. The zero-order valence-electron chi connectivity index (χ0n) is 16.0. The fourth-order valence-electron chi connectivity index (χ4n) is 3.08. The minimum Gasteiger partial charge on any atom is -0.539 e. The number of hydrogen-bond acceptors (Lipinski definition) is 8. The quantitative estimate of drug-likeness (QED) is 0.375. The molecule has 0 atom stereocenters. The number of halogens is 3. The second kappa shape index (κ2) is 7.23. The molecule has 0 bridgehead atoms. The molecule has 0 radical (unpaired) electrons. The number of anilines is 1. The lowest BCUT2D eigenvalue weighted by molar-refractivity contribution is -0.741. The third-order valence-corrected chi connectivity index (χ3v) is 5.67. The molecule has 4 rings (SSSR count). The van der Waals surface area contributed by atoms with Crippen molar-refractivity contribution in [3.05, 3.63) is 46.5 Å². The fraction of sp³-hybridized carbons (Fsp3) is 0.158. The number of methoxy groups -OCH3 is 1. The molecule has 0 aliphatic carbocycles. The van der Waals surface area contributed by atoms with Crippen LogP contribution in [0.5, 0.6) is 11.7 Å². The Balaban J connectivity index is 1.94. The van der Waals surface area contributed by atoms with Crippen LogP contribution >= 0.6 is 11.3 Å². The number of alkyl halides is 3. The Kier molecular flexibility index (Phi) is 4.81. The van der Waals surface area contributed by atoms with Crippen molar-refractivity contribution in [2.75, 3.05) is 12.8 Å². The van der Waals surface area contributed by atoms with Crippen molar-refractivity contribution in [3.8, 4) is 23.0 Å². The number of ketones is 1. The Hall–Kier alpha value is -3.67. The molecule has 3 aromatic heterocycles. The fourth-order valence-corrected chi connectivity index (χ4v) is 4.15. The molecule has 0 aliphatic rings. The summed E-state index contributed by atoms with van der Waals surface area (Å²) in [5, 5.41) is 14.7. The molecular weight excluding hydrogens is 437 g/mol. The van der Waals surface area contributed by atoms with E-state index in [1.807, 2.05) is 0 Å². The Morgan fingerprint density at radius 2 is 1.97 bits per heavy atom. The van der Waals surface area contributed by atoms with Gasteiger partial charge in [-0.05, 0) is 30.3 Å². The molecule has 0 fully saturated rings. The van der Waals surface area contributed by atoms with Crippen LogP contribution < -0.4 is 20.3 Å². The van der Waals surface area contributed by atoms with E-state index in [1.54, 1.807) is 24.3 Å². The number of thiophene rings is 1. The van der Waals surface area contributed by atoms with Crippen LogP contribution in [0.25, 0.3) is 21.5 Å². The molecule has 4 aromatic rings. The van der Waals surface area contributed by atoms with E-state index in [1.165, 1.54) is 14.2 Å². The number of carbonyl (C=O) groups is 1. The van der Waals surface area contributed by atoms with Gasteiger partial charge in [0.05, 0.1) is 29.3 Å². The Morgan fingerprint density at radius 1 is 1.29 bits per heavy atom. The first-order chi connectivity index (χ1) is 14.6. The minimum absolute atomic E-state index is 0.0442. The van der Waals surface area contributed by atoms with E-state index >= 15 is 0 Å². The summed E-state index contributed by atoms with van der Waals surface area (Å²) in [6.45, 7) is 0. The summed E-state index contributed by atoms with van der Waals surface area (Å²) in [6, 6.07) is 7.19. The molecule has 0 aliphatic heterocycles. The third-order valence-electron chi connectivity index (χ3n) is 4.57. The van der Waals surface area contributed by atoms with Crippen molar-refractivity contribution in [1.29, 1.82) is 0 Å². The van der Waals surface area contributed by atoms with Crippen molar-refractivity contribution < 1.29 is 37.0 Å². The number of carbonyl (C=O) groups excluding carboxylic acids is 1. The van der Waals surface area contributed by atoms with Crippen molar-refractivity contribution in [2.45, 2.75) is 6.18 Å². The van der Waals surface area contributed by atoms with Crippen molar-refractivity contribution in [2.24, 2.45) is 7.05 Å². The first-order valence-corrected chi connectivity index (χ1v) is 9.45. The number of aryl methyl sites for hydroxylation is 1. The summed E-state index contributed by atoms with van der Waals surface area (Å²) in [4.78, 5) is 16.8. The molecule has 31 heavy (non-hydrogen) atoms. The summed E-state index contributed by atoms with van der Waals surface area (Å²) >= 11 is 0.662. The molecule has 0 saturated carbocycles. The number of ether oxygens (including phenoxy) is 1. The lowest BCUT2D eigenvalue weighted by Gasteiger charge is -2.11. The Labute approximate surface area is 176 Å². The van der Waals surface area contributed by atoms with Gasteiger partial charge in [-0.2, -0.15) is 13.2 Å². The number of benzene rings is 1. The normalized spacial score (nSPS) is 11.8. The summed E-state index contributed by atoms with van der Waals surface area (Å²) in [6.07, 6.45) is -4.76. The second-order valence-electron chi connectivity index (χ2n) is 6.47. The molecule has 0 unspecified atom stereocenters. The first-order valence-electron chi connectivity index (χ1n) is 8.64. The highest BCUT2D eigenvalue weighted by Gasteiger charge is 2.37. The van der Waals surface area contributed by atoms with Gasteiger partial charge in [-0.3, -0.25) is 4.79 Å². The van der Waals surface area contributed by atoms with Crippen LogP contribution in [0.1, 0.15) is 20.9 Å². The topological polar surface area (TPSA) is 118 Å². The van der Waals surface area contributed by atoms with Crippen molar-refractivity contribution in [3.63, 3.8) is 0 Å². The first kappa shape index (κ1) is 20.6. The molecule has 160 valence electrons. The molecule has 0 spiro atoms. The molecular formula is C19H13F3N4O4S. The number of nitrogens with zero attached hydrogens (tertiary/aromatic N) is 3. The van der Waals surface area contributed by atoms with Gasteiger partial charge in [0.1, 0.15) is 15.5 Å². The van der Waals surface area contributed by atoms with E-state index in [0.29, 0.717) is 22.6 Å². The maximum Gasteiger partial charge on any atom is 0.417 e. The number of hydrogen-bond donors (Lipinski definition) is 1. The average Bonchev–Trinajstić information content (AvgIpc) is 3.25. The molecule has 12 heteroatoms. The zero-order valence-corrected chi connectivity index (χ0v) is 16.8. The van der Waals surface area contributed by atoms with Gasteiger partial charge >= 0.3 is 11.9 Å². The minimum atomic E-state index is -4.76. The van der Waals surface area contributed by atoms with Crippen LogP contribution in [0.15, 0.2) is 34.9 Å². The molecule has 3 heterocycles. The molecule has 2 N–H and O–H groups in total. The Morgan fingerprint density at radius 3 is 2.52 bits per heavy atom. The number of nitrogen functional groups attached to an aromatic ring is 1. The number of rotatable bonds is 4. The van der Waals surface area contributed by atoms with Crippen molar-refractivity contribution >= 4 is 33.0 Å². The van der Waals surface area contributed by atoms with Gasteiger partial charge in [0.15, 0.2) is 13.0 Å². The number of nitrogens with two attached hydrogens (primary N) is 1. The van der Waals surface area contributed by atoms with Crippen LogP contribution in [0.2, 0.25) is 0 Å². The van der Waals surface area contributed by atoms with E-state index in [9.17, 15) is 23.1 Å². The summed E-state index contributed by atoms with van der Waals surface area (Å²) < 4.78 is 52.0. The molecule has 0 saturated heterocycles. The smallest absolute Gasteiger partial charge is 0.417 e. The molecule has 0 amide bonds. The summed E-state index contributed by atoms with van der Waals surface area (Å²) in [7, 11) is 2.76. The van der Waals surface area contributed by atoms with Crippen LogP contribution in [0.4, 0.5) is 18.9 Å². The maximum absolute atomic E-state index is 13.9. The third kappa shape index (κ3) is 3.44. The molecule has 1 aromatic carbocycles. The van der Waals surface area contributed by atoms with Crippen LogP contribution in [0, 0.1) is 0 Å². The average molecular weight is 450 g/mol. The maximum atomic E-state index is 13.9. The largest absolute Gasteiger partial charge is 0.539 e. The highest BCUT2D eigenvalue weighted by Crippen LogP contribution is 2.44. The Bertz CT molecular complexity index is 1290. The predicted molar refractivity (Wildman–Crippen MR) is 102 cm³/mol. The van der Waals surface area contributed by atoms with Crippen molar-refractivity contribution in [1.82, 2.24) is 10.3 Å². The van der Waals surface area contributed by atoms with Gasteiger partial charge in [-0.1, -0.05) is 4.68 Å². The van der Waals surface area contributed by atoms with Gasteiger partial charge < -0.3 is 20.1 Å². The summed E-state index contributed by atoms with van der Waals surface area (Å²) in [5.41, 5.74) is 4.50. The predicted octanol–water partition coefficient (Wildman–Crippen LogP) is 2.69. The van der Waals surface area contributed by atoms with Gasteiger partial charge in [-0.15, -0.1) is 11.3 Å². The molecule has 8 nitrogen and oxygen atoms in total. The lowest BCUT2D eigenvalue weighted by Crippen LogP contribution is -2.37. The number of pyridine rings is 1. The monoisotopic (exact) mass is 450 g/mol. The van der Waals surface area contributed by atoms with Gasteiger partial charge in [-0.25, -0.2) is 4.98 Å². The SMILES string of the molecule is COc1ccc(-c2cc(C(F)(F)F)c3c(N)c(C(=O)c4c([O-])on[n+]4C)sc3n2)cc1. The van der Waals surface area contributed by atoms with E-state index < -0.39 is 40.2 Å². The van der Waals surface area contributed by atoms with Gasteiger partial charge in [0.25, 0.3) is 5.78 Å². The van der Waals surface area contributed by atoms with E-state index in [0.717, 1.165) is 10.7 Å². The van der Waals surface area contributed by atoms with Gasteiger partial charge in [0.2, 0.25) is 0 Å². The van der Waals surface area contributed by atoms with E-state index in [-0.39, 0.29) is 15.4 Å². The van der Waals surface area contributed by atoms with Gasteiger partial charge in [0, 0.05) is 10.9 Å². The second-order valence-corrected chi connectivity index (χ2v) is 7.47. The lowest BCUT2D eigenvalue weighted by atomic mass is 10.0. The number of fused-ring (bicyclic) bond motifs is 1. The van der Waals surface area contributed by atoms with E-state index in [4.69, 9.17) is 10.5 Å². The zero-order chi connectivity index (χ0) is 22.5. The van der Waals surface area contributed by atoms with E-state index in [2.05, 4.69) is 14.8 Å². The highest BCUT2D eigenvalue weighted by molar-refractivity contribution is 7.21. The van der Waals surface area contributed by atoms with Crippen LogP contribution in [-0.2, 0) is 13.2 Å².